The van der Waals surface area contributed by atoms with Gasteiger partial charge in [-0.2, -0.15) is 0 Å². The van der Waals surface area contributed by atoms with Gasteiger partial charge in [0.1, 0.15) is 11.5 Å². The third-order valence-electron chi connectivity index (χ3n) is 3.66. The molecule has 0 aromatic heterocycles. The molecular formula is C14H15F3N2O3. The summed E-state index contributed by atoms with van der Waals surface area (Å²) < 4.78 is 39.6. The summed E-state index contributed by atoms with van der Waals surface area (Å²) in [5.74, 6) is -4.77. The van der Waals surface area contributed by atoms with Gasteiger partial charge in [0, 0.05) is 18.2 Å². The molecule has 1 fully saturated rings. The van der Waals surface area contributed by atoms with Crippen molar-refractivity contribution in [2.75, 3.05) is 5.32 Å². The van der Waals surface area contributed by atoms with Gasteiger partial charge in [-0.3, -0.25) is 4.79 Å². The molecule has 5 nitrogen and oxygen atoms in total. The van der Waals surface area contributed by atoms with Gasteiger partial charge in [0.2, 0.25) is 0 Å². The average molecular weight is 316 g/mol. The van der Waals surface area contributed by atoms with Gasteiger partial charge >= 0.3 is 12.0 Å². The summed E-state index contributed by atoms with van der Waals surface area (Å²) in [6.45, 7) is 0. The molecule has 22 heavy (non-hydrogen) atoms. The first-order valence-electron chi connectivity index (χ1n) is 6.81. The lowest BCUT2D eigenvalue weighted by atomic mass is 9.86. The fourth-order valence-electron chi connectivity index (χ4n) is 2.48. The van der Waals surface area contributed by atoms with E-state index in [-0.39, 0.29) is 6.04 Å². The van der Waals surface area contributed by atoms with Gasteiger partial charge < -0.3 is 15.7 Å². The Balaban J connectivity index is 1.90. The number of urea groups is 1. The minimum Gasteiger partial charge on any atom is -0.481 e. The Hall–Kier alpha value is -2.25. The summed E-state index contributed by atoms with van der Waals surface area (Å²) in [6, 6.07) is -0.140. The minimum atomic E-state index is -1.21. The first-order valence-corrected chi connectivity index (χ1v) is 6.81. The summed E-state index contributed by atoms with van der Waals surface area (Å²) in [7, 11) is 0. The third-order valence-corrected chi connectivity index (χ3v) is 3.66. The number of amides is 2. The van der Waals surface area contributed by atoms with Gasteiger partial charge in [0.05, 0.1) is 5.92 Å². The molecule has 120 valence electrons. The van der Waals surface area contributed by atoms with E-state index in [1.807, 2.05) is 5.32 Å². The molecule has 2 amide bonds. The van der Waals surface area contributed by atoms with E-state index in [9.17, 15) is 22.8 Å². The van der Waals surface area contributed by atoms with Gasteiger partial charge in [-0.1, -0.05) is 0 Å². The lowest BCUT2D eigenvalue weighted by Gasteiger charge is -2.26. The van der Waals surface area contributed by atoms with Gasteiger partial charge in [0.25, 0.3) is 0 Å². The van der Waals surface area contributed by atoms with Crippen molar-refractivity contribution in [2.24, 2.45) is 5.92 Å². The third kappa shape index (κ3) is 3.90. The number of carbonyl (C=O) groups is 2. The van der Waals surface area contributed by atoms with Gasteiger partial charge in [-0.25, -0.2) is 18.0 Å². The molecular weight excluding hydrogens is 301 g/mol. The number of benzene rings is 1. The molecule has 1 saturated carbocycles. The van der Waals surface area contributed by atoms with Crippen molar-refractivity contribution < 1.29 is 27.9 Å². The van der Waals surface area contributed by atoms with E-state index in [0.717, 1.165) is 0 Å². The second-order valence-corrected chi connectivity index (χ2v) is 5.23. The quantitative estimate of drug-likeness (QED) is 0.802. The van der Waals surface area contributed by atoms with Crippen molar-refractivity contribution in [1.82, 2.24) is 5.32 Å². The molecule has 0 radical (unpaired) electrons. The van der Waals surface area contributed by atoms with Crippen LogP contribution in [0.2, 0.25) is 0 Å². The molecule has 0 aliphatic heterocycles. The molecule has 0 saturated heterocycles. The van der Waals surface area contributed by atoms with Crippen LogP contribution in [0, 0.1) is 23.4 Å². The Morgan fingerprint density at radius 2 is 1.59 bits per heavy atom. The highest BCUT2D eigenvalue weighted by atomic mass is 19.1. The predicted molar refractivity (Wildman–Crippen MR) is 71.9 cm³/mol. The molecule has 1 aliphatic rings. The van der Waals surface area contributed by atoms with Crippen molar-refractivity contribution in [1.29, 1.82) is 0 Å². The average Bonchev–Trinajstić information content (AvgIpc) is 2.43. The van der Waals surface area contributed by atoms with Gasteiger partial charge in [-0.05, 0) is 25.7 Å². The van der Waals surface area contributed by atoms with E-state index in [1.54, 1.807) is 0 Å². The lowest BCUT2D eigenvalue weighted by Crippen LogP contribution is -2.41. The second kappa shape index (κ2) is 6.67. The molecule has 8 heteroatoms. The Labute approximate surface area is 124 Å². The monoisotopic (exact) mass is 316 g/mol. The highest BCUT2D eigenvalue weighted by Gasteiger charge is 2.27. The van der Waals surface area contributed by atoms with Gasteiger partial charge in [0.15, 0.2) is 11.6 Å². The van der Waals surface area contributed by atoms with E-state index in [1.165, 1.54) is 0 Å². The number of carboxylic acids is 1. The van der Waals surface area contributed by atoms with Crippen LogP contribution in [0.25, 0.3) is 0 Å². The maximum atomic E-state index is 13.4. The van der Waals surface area contributed by atoms with Crippen LogP contribution in [-0.4, -0.2) is 23.1 Å². The highest BCUT2D eigenvalue weighted by molar-refractivity contribution is 5.89. The van der Waals surface area contributed by atoms with E-state index >= 15 is 0 Å². The number of carbonyl (C=O) groups excluding carboxylic acids is 1. The normalized spacial score (nSPS) is 21.2. The fraction of sp³-hybridized carbons (Fsp3) is 0.429. The second-order valence-electron chi connectivity index (χ2n) is 5.23. The minimum absolute atomic E-state index is 0.262. The van der Waals surface area contributed by atoms with Crippen LogP contribution in [0.3, 0.4) is 0 Å². The molecule has 1 aromatic rings. The number of hydrogen-bond donors (Lipinski definition) is 3. The molecule has 0 bridgehead atoms. The molecule has 0 unspecified atom stereocenters. The van der Waals surface area contributed by atoms with Crippen LogP contribution in [0.5, 0.6) is 0 Å². The Bertz CT molecular complexity index is 564. The van der Waals surface area contributed by atoms with Crippen molar-refractivity contribution in [2.45, 2.75) is 31.7 Å². The predicted octanol–water partition coefficient (Wildman–Crippen LogP) is 2.87. The SMILES string of the molecule is O=C(Nc1c(F)cc(F)cc1F)NC1CCC(C(=O)O)CC1. The smallest absolute Gasteiger partial charge is 0.319 e. The summed E-state index contributed by atoms with van der Waals surface area (Å²) in [6.07, 6.45) is 1.80. The Kier molecular flexibility index (Phi) is 4.89. The van der Waals surface area contributed by atoms with E-state index in [0.29, 0.717) is 37.8 Å². The molecule has 2 rings (SSSR count). The lowest BCUT2D eigenvalue weighted by molar-refractivity contribution is -0.142. The van der Waals surface area contributed by atoms with E-state index in [2.05, 4.69) is 5.32 Å². The maximum Gasteiger partial charge on any atom is 0.319 e. The number of nitrogens with one attached hydrogen (secondary N) is 2. The van der Waals surface area contributed by atoms with Crippen molar-refractivity contribution in [3.63, 3.8) is 0 Å². The van der Waals surface area contributed by atoms with Crippen molar-refractivity contribution in [3.8, 4) is 0 Å². The molecule has 0 spiro atoms. The first kappa shape index (κ1) is 16.1. The number of rotatable bonds is 3. The van der Waals surface area contributed by atoms with E-state index in [4.69, 9.17) is 5.11 Å². The first-order chi connectivity index (χ1) is 10.4. The number of aliphatic carboxylic acids is 1. The van der Waals surface area contributed by atoms with Gasteiger partial charge in [-0.15, -0.1) is 0 Å². The topological polar surface area (TPSA) is 78.4 Å². The molecule has 1 aliphatic carbocycles. The zero-order valence-corrected chi connectivity index (χ0v) is 11.5. The summed E-state index contributed by atoms with van der Waals surface area (Å²) in [4.78, 5) is 22.5. The Morgan fingerprint density at radius 3 is 2.09 bits per heavy atom. The number of hydrogen-bond acceptors (Lipinski definition) is 2. The zero-order valence-electron chi connectivity index (χ0n) is 11.5. The van der Waals surface area contributed by atoms with Crippen molar-refractivity contribution >= 4 is 17.7 Å². The fourth-order valence-corrected chi connectivity index (χ4v) is 2.48. The Morgan fingerprint density at radius 1 is 1.05 bits per heavy atom. The summed E-state index contributed by atoms with van der Waals surface area (Å²) in [5.41, 5.74) is -0.724. The zero-order chi connectivity index (χ0) is 16.3. The summed E-state index contributed by atoms with van der Waals surface area (Å²) >= 11 is 0. The highest BCUT2D eigenvalue weighted by Crippen LogP contribution is 2.25. The van der Waals surface area contributed by atoms with Crippen molar-refractivity contribution in [3.05, 3.63) is 29.6 Å². The van der Waals surface area contributed by atoms with Crippen LogP contribution in [0.4, 0.5) is 23.7 Å². The maximum absolute atomic E-state index is 13.4. The summed E-state index contributed by atoms with van der Waals surface area (Å²) in [5, 5.41) is 13.4. The standard InChI is InChI=1S/C14H15F3N2O3/c15-8-5-10(16)12(11(17)6-8)19-14(22)18-9-3-1-7(2-4-9)13(20)21/h5-7,9H,1-4H2,(H,20,21)(H2,18,19,22). The van der Waals surface area contributed by atoms with Crippen LogP contribution in [-0.2, 0) is 4.79 Å². The molecule has 1 aromatic carbocycles. The van der Waals surface area contributed by atoms with Crippen LogP contribution in [0.1, 0.15) is 25.7 Å². The number of carboxylic acid groups (broad SMARTS) is 1. The molecule has 0 heterocycles. The van der Waals surface area contributed by atoms with E-state index < -0.39 is 41.1 Å². The van der Waals surface area contributed by atoms with Crippen LogP contribution in [0.15, 0.2) is 12.1 Å². The molecule has 0 atom stereocenters. The van der Waals surface area contributed by atoms with Crippen LogP contribution >= 0.6 is 0 Å². The largest absolute Gasteiger partial charge is 0.481 e. The molecule has 3 N–H and O–H groups in total. The number of halogens is 3. The number of anilines is 1. The van der Waals surface area contributed by atoms with Crippen LogP contribution < -0.4 is 10.6 Å².